The quantitative estimate of drug-likeness (QED) is 0.448. The summed E-state index contributed by atoms with van der Waals surface area (Å²) >= 11 is 3.38. The lowest BCUT2D eigenvalue weighted by atomic mass is 10.2. The second-order valence-electron chi connectivity index (χ2n) is 2.70. The molecule has 2 N–H and O–H groups in total. The van der Waals surface area contributed by atoms with Crippen molar-refractivity contribution in [1.82, 2.24) is 4.98 Å². The van der Waals surface area contributed by atoms with Crippen molar-refractivity contribution in [3.63, 3.8) is 0 Å². The molecule has 0 radical (unpaired) electrons. The summed E-state index contributed by atoms with van der Waals surface area (Å²) in [6.07, 6.45) is 1.37. The Bertz CT molecular complexity index is 462. The smallest absolute Gasteiger partial charge is 0.0896 e. The summed E-state index contributed by atoms with van der Waals surface area (Å²) in [6.45, 7) is 0. The molecule has 1 heterocycles. The molecule has 0 spiro atoms. The van der Waals surface area contributed by atoms with E-state index in [1.54, 1.807) is 0 Å². The van der Waals surface area contributed by atoms with E-state index in [4.69, 9.17) is 5.21 Å². The number of nitrogens with one attached hydrogen (secondary N) is 1. The zero-order chi connectivity index (χ0) is 9.26. The van der Waals surface area contributed by atoms with Crippen LogP contribution in [0.25, 0.3) is 10.9 Å². The van der Waals surface area contributed by atoms with Gasteiger partial charge in [0.2, 0.25) is 0 Å². The van der Waals surface area contributed by atoms with Crippen molar-refractivity contribution >= 4 is 33.0 Å². The Morgan fingerprint density at radius 2 is 2.23 bits per heavy atom. The van der Waals surface area contributed by atoms with E-state index in [9.17, 15) is 0 Å². The Morgan fingerprint density at radius 3 is 3.00 bits per heavy atom. The first-order valence-electron chi connectivity index (χ1n) is 3.75. The number of hydrogen-bond donors (Lipinski definition) is 2. The van der Waals surface area contributed by atoms with Gasteiger partial charge in [0, 0.05) is 15.4 Å². The molecular formula is C9H7BrN2O. The molecule has 0 saturated heterocycles. The van der Waals surface area contributed by atoms with Gasteiger partial charge < -0.3 is 10.2 Å². The Morgan fingerprint density at radius 1 is 1.38 bits per heavy atom. The predicted molar refractivity (Wildman–Crippen MR) is 55.4 cm³/mol. The van der Waals surface area contributed by atoms with E-state index in [0.29, 0.717) is 0 Å². The van der Waals surface area contributed by atoms with Crippen LogP contribution in [0.4, 0.5) is 0 Å². The second kappa shape index (κ2) is 3.22. The average Bonchev–Trinajstić information content (AvgIpc) is 2.46. The van der Waals surface area contributed by atoms with E-state index < -0.39 is 0 Å². The van der Waals surface area contributed by atoms with Crippen molar-refractivity contribution in [2.75, 3.05) is 0 Å². The summed E-state index contributed by atoms with van der Waals surface area (Å²) in [5.41, 5.74) is 1.81. The van der Waals surface area contributed by atoms with Gasteiger partial charge >= 0.3 is 0 Å². The maximum atomic E-state index is 8.34. The van der Waals surface area contributed by atoms with Crippen LogP contribution >= 0.6 is 15.9 Å². The minimum atomic E-state index is 0.788. The highest BCUT2D eigenvalue weighted by atomic mass is 79.9. The molecule has 2 aromatic rings. The normalized spacial score (nSPS) is 11.5. The van der Waals surface area contributed by atoms with Crippen molar-refractivity contribution in [2.24, 2.45) is 5.16 Å². The molecule has 66 valence electrons. The van der Waals surface area contributed by atoms with E-state index >= 15 is 0 Å². The molecule has 2 rings (SSSR count). The zero-order valence-electron chi connectivity index (χ0n) is 6.66. The third kappa shape index (κ3) is 1.58. The van der Waals surface area contributed by atoms with Gasteiger partial charge in [0.05, 0.1) is 11.9 Å². The molecule has 0 fully saturated rings. The SMILES string of the molecule is O/N=C/c1cc2cc(Br)ccc2[nH]1. The number of H-pyrrole nitrogens is 1. The lowest BCUT2D eigenvalue weighted by Crippen LogP contribution is -1.77. The summed E-state index contributed by atoms with van der Waals surface area (Å²) in [5.74, 6) is 0. The summed E-state index contributed by atoms with van der Waals surface area (Å²) in [4.78, 5) is 3.09. The fraction of sp³-hybridized carbons (Fsp3) is 0. The third-order valence-corrected chi connectivity index (χ3v) is 2.29. The molecule has 0 aliphatic heterocycles. The molecular weight excluding hydrogens is 232 g/mol. The number of rotatable bonds is 1. The molecule has 3 nitrogen and oxygen atoms in total. The van der Waals surface area contributed by atoms with Crippen molar-refractivity contribution in [3.05, 3.63) is 34.4 Å². The van der Waals surface area contributed by atoms with Crippen LogP contribution in [0.1, 0.15) is 5.69 Å². The number of oxime groups is 1. The van der Waals surface area contributed by atoms with Crippen LogP contribution in [-0.4, -0.2) is 16.4 Å². The highest BCUT2D eigenvalue weighted by molar-refractivity contribution is 9.10. The molecule has 1 aromatic carbocycles. The first kappa shape index (κ1) is 8.31. The molecule has 0 atom stereocenters. The fourth-order valence-electron chi connectivity index (χ4n) is 1.26. The van der Waals surface area contributed by atoms with Gasteiger partial charge in [-0.05, 0) is 24.3 Å². The van der Waals surface area contributed by atoms with E-state index in [-0.39, 0.29) is 0 Å². The van der Waals surface area contributed by atoms with Crippen LogP contribution in [0.3, 0.4) is 0 Å². The first-order valence-corrected chi connectivity index (χ1v) is 4.54. The maximum absolute atomic E-state index is 8.34. The van der Waals surface area contributed by atoms with Gasteiger partial charge in [-0.25, -0.2) is 0 Å². The van der Waals surface area contributed by atoms with Crippen LogP contribution in [0.2, 0.25) is 0 Å². The summed E-state index contributed by atoms with van der Waals surface area (Å²) in [5, 5.41) is 12.4. The topological polar surface area (TPSA) is 48.4 Å². The van der Waals surface area contributed by atoms with Crippen LogP contribution in [0, 0.1) is 0 Å². The van der Waals surface area contributed by atoms with Crippen LogP contribution in [-0.2, 0) is 0 Å². The van der Waals surface area contributed by atoms with Gasteiger partial charge in [-0.3, -0.25) is 0 Å². The molecule has 0 saturated carbocycles. The molecule has 0 unspecified atom stereocenters. The van der Waals surface area contributed by atoms with Crippen LogP contribution in [0.15, 0.2) is 33.9 Å². The predicted octanol–water partition coefficient (Wildman–Crippen LogP) is 2.74. The van der Waals surface area contributed by atoms with Crippen molar-refractivity contribution < 1.29 is 5.21 Å². The zero-order valence-corrected chi connectivity index (χ0v) is 8.25. The molecule has 0 aliphatic carbocycles. The number of benzene rings is 1. The number of halogens is 1. The van der Waals surface area contributed by atoms with E-state index in [1.165, 1.54) is 6.21 Å². The summed E-state index contributed by atoms with van der Waals surface area (Å²) < 4.78 is 1.03. The summed E-state index contributed by atoms with van der Waals surface area (Å²) in [6, 6.07) is 7.84. The van der Waals surface area contributed by atoms with E-state index in [0.717, 1.165) is 21.1 Å². The highest BCUT2D eigenvalue weighted by Crippen LogP contribution is 2.19. The molecule has 13 heavy (non-hydrogen) atoms. The van der Waals surface area contributed by atoms with Gasteiger partial charge in [0.1, 0.15) is 0 Å². The molecule has 0 amide bonds. The second-order valence-corrected chi connectivity index (χ2v) is 3.62. The van der Waals surface area contributed by atoms with Gasteiger partial charge in [-0.1, -0.05) is 21.1 Å². The minimum Gasteiger partial charge on any atom is -0.411 e. The van der Waals surface area contributed by atoms with Gasteiger partial charge in [-0.15, -0.1) is 0 Å². The standard InChI is InChI=1S/C9H7BrN2O/c10-7-1-2-9-6(3-7)4-8(12-9)5-11-13/h1-5,12-13H/b11-5+. The number of hydrogen-bond acceptors (Lipinski definition) is 2. The van der Waals surface area contributed by atoms with Crippen molar-refractivity contribution in [2.45, 2.75) is 0 Å². The number of aromatic nitrogens is 1. The monoisotopic (exact) mass is 238 g/mol. The molecule has 0 aliphatic rings. The average molecular weight is 239 g/mol. The van der Waals surface area contributed by atoms with Crippen molar-refractivity contribution in [3.8, 4) is 0 Å². The molecule has 4 heteroatoms. The largest absolute Gasteiger partial charge is 0.411 e. The Balaban J connectivity index is 2.62. The lowest BCUT2D eigenvalue weighted by Gasteiger charge is -1.89. The van der Waals surface area contributed by atoms with Gasteiger partial charge in [0.25, 0.3) is 0 Å². The minimum absolute atomic E-state index is 0.788. The Hall–Kier alpha value is -1.29. The number of fused-ring (bicyclic) bond motifs is 1. The van der Waals surface area contributed by atoms with Crippen molar-refractivity contribution in [1.29, 1.82) is 0 Å². The van der Waals surface area contributed by atoms with E-state index in [1.807, 2.05) is 24.3 Å². The lowest BCUT2D eigenvalue weighted by molar-refractivity contribution is 0.321. The fourth-order valence-corrected chi connectivity index (χ4v) is 1.64. The molecule has 0 bridgehead atoms. The van der Waals surface area contributed by atoms with Gasteiger partial charge in [-0.2, -0.15) is 0 Å². The Kier molecular flexibility index (Phi) is 2.06. The van der Waals surface area contributed by atoms with Crippen LogP contribution in [0.5, 0.6) is 0 Å². The van der Waals surface area contributed by atoms with Crippen LogP contribution < -0.4 is 0 Å². The number of nitrogens with zero attached hydrogens (tertiary/aromatic N) is 1. The first-order chi connectivity index (χ1) is 6.29. The van der Waals surface area contributed by atoms with E-state index in [2.05, 4.69) is 26.1 Å². The van der Waals surface area contributed by atoms with Gasteiger partial charge in [0.15, 0.2) is 0 Å². The summed E-state index contributed by atoms with van der Waals surface area (Å²) in [7, 11) is 0. The maximum Gasteiger partial charge on any atom is 0.0896 e. The Labute approximate surface area is 83.2 Å². The third-order valence-electron chi connectivity index (χ3n) is 1.80. The highest BCUT2D eigenvalue weighted by Gasteiger charge is 1.98. The molecule has 1 aromatic heterocycles. The number of aromatic amines is 1.